The first kappa shape index (κ1) is 16.7. The summed E-state index contributed by atoms with van der Waals surface area (Å²) in [6.07, 6.45) is -0.685. The molecule has 0 aliphatic rings. The number of benzene rings is 1. The van der Waals surface area contributed by atoms with Gasteiger partial charge in [0.05, 0.1) is 20.3 Å². The molecule has 0 aromatic heterocycles. The smallest absolute Gasteiger partial charge is 0.119 e. The summed E-state index contributed by atoms with van der Waals surface area (Å²) in [7, 11) is 1.59. The first-order valence-electron chi connectivity index (χ1n) is 6.58. The van der Waals surface area contributed by atoms with Crippen LogP contribution in [0.5, 0.6) is 11.5 Å². The molecule has 0 heterocycles. The van der Waals surface area contributed by atoms with Gasteiger partial charge >= 0.3 is 0 Å². The molecule has 114 valence electrons. The Balaban J connectivity index is 2.35. The molecule has 0 radical (unpaired) electrons. The zero-order valence-corrected chi connectivity index (χ0v) is 11.7. The maximum absolute atomic E-state index is 9.88. The van der Waals surface area contributed by atoms with Crippen LogP contribution >= 0.6 is 0 Å². The Kier molecular flexibility index (Phi) is 7.98. The lowest BCUT2D eigenvalue weighted by Gasteiger charge is -2.23. The van der Waals surface area contributed by atoms with Gasteiger partial charge in [0.1, 0.15) is 24.2 Å². The fraction of sp³-hybridized carbons (Fsp3) is 0.571. The summed E-state index contributed by atoms with van der Waals surface area (Å²) < 4.78 is 10.5. The van der Waals surface area contributed by atoms with E-state index < -0.39 is 6.10 Å². The third kappa shape index (κ3) is 6.21. The lowest BCUT2D eigenvalue weighted by Crippen LogP contribution is -2.38. The number of aliphatic hydroxyl groups excluding tert-OH is 3. The average molecular weight is 285 g/mol. The van der Waals surface area contributed by atoms with Crippen LogP contribution < -0.4 is 9.47 Å². The van der Waals surface area contributed by atoms with E-state index in [1.807, 2.05) is 0 Å². The normalized spacial score (nSPS) is 12.4. The summed E-state index contributed by atoms with van der Waals surface area (Å²) in [5.41, 5.74) is 0. The molecule has 0 aliphatic heterocycles. The minimum atomic E-state index is -0.685. The van der Waals surface area contributed by atoms with Gasteiger partial charge in [-0.25, -0.2) is 0 Å². The third-order valence-corrected chi connectivity index (χ3v) is 2.80. The van der Waals surface area contributed by atoms with Gasteiger partial charge in [0.2, 0.25) is 0 Å². The molecule has 0 aliphatic carbocycles. The number of methoxy groups -OCH3 is 1. The Morgan fingerprint density at radius 1 is 1.05 bits per heavy atom. The number of hydrogen-bond donors (Lipinski definition) is 3. The SMILES string of the molecule is COc1ccc(OC[C@H](O)CN(CCO)CCO)cc1. The van der Waals surface area contributed by atoms with Crippen LogP contribution in [0.2, 0.25) is 0 Å². The van der Waals surface area contributed by atoms with Crippen molar-refractivity contribution in [3.05, 3.63) is 24.3 Å². The van der Waals surface area contributed by atoms with Crippen LogP contribution in [-0.2, 0) is 0 Å². The van der Waals surface area contributed by atoms with Gasteiger partial charge < -0.3 is 24.8 Å². The molecule has 0 amide bonds. The van der Waals surface area contributed by atoms with Crippen LogP contribution in [0.1, 0.15) is 0 Å². The summed E-state index contributed by atoms with van der Waals surface area (Å²) in [6.45, 7) is 1.31. The van der Waals surface area contributed by atoms with Gasteiger partial charge in [-0.15, -0.1) is 0 Å². The lowest BCUT2D eigenvalue weighted by molar-refractivity contribution is 0.0552. The van der Waals surface area contributed by atoms with E-state index in [0.717, 1.165) is 5.75 Å². The Morgan fingerprint density at radius 3 is 2.10 bits per heavy atom. The molecule has 0 fully saturated rings. The molecule has 1 aromatic carbocycles. The average Bonchev–Trinajstić information content (AvgIpc) is 2.46. The maximum atomic E-state index is 9.88. The van der Waals surface area contributed by atoms with Crippen LogP contribution in [0.15, 0.2) is 24.3 Å². The zero-order chi connectivity index (χ0) is 14.8. The Morgan fingerprint density at radius 2 is 1.60 bits per heavy atom. The Labute approximate surface area is 119 Å². The van der Waals surface area contributed by atoms with Crippen molar-refractivity contribution in [2.45, 2.75) is 6.10 Å². The van der Waals surface area contributed by atoms with Gasteiger partial charge in [-0.3, -0.25) is 4.90 Å². The summed E-state index contributed by atoms with van der Waals surface area (Å²) in [6, 6.07) is 7.10. The number of aliphatic hydroxyl groups is 3. The summed E-state index contributed by atoms with van der Waals surface area (Å²) in [5.74, 6) is 1.40. The molecule has 0 unspecified atom stereocenters. The molecule has 6 heteroatoms. The molecule has 3 N–H and O–H groups in total. The number of rotatable bonds is 10. The molecule has 1 atom stereocenters. The molecule has 0 saturated heterocycles. The number of nitrogens with zero attached hydrogens (tertiary/aromatic N) is 1. The fourth-order valence-electron chi connectivity index (χ4n) is 1.79. The minimum Gasteiger partial charge on any atom is -0.497 e. The van der Waals surface area contributed by atoms with Crippen LogP contribution in [0.3, 0.4) is 0 Å². The van der Waals surface area contributed by atoms with Crippen molar-refractivity contribution < 1.29 is 24.8 Å². The lowest BCUT2D eigenvalue weighted by atomic mass is 10.3. The standard InChI is InChI=1S/C14H23NO5/c1-19-13-2-4-14(5-3-13)20-11-12(18)10-15(6-8-16)7-9-17/h2-5,12,16-18H,6-11H2,1H3/t12-/m1/s1. The molecular weight excluding hydrogens is 262 g/mol. The molecule has 0 saturated carbocycles. The summed E-state index contributed by atoms with van der Waals surface area (Å²) in [4.78, 5) is 1.78. The van der Waals surface area contributed by atoms with Gasteiger partial charge in [-0.1, -0.05) is 0 Å². The number of ether oxygens (including phenoxy) is 2. The Hall–Kier alpha value is -1.34. The molecule has 0 bridgehead atoms. The summed E-state index contributed by atoms with van der Waals surface area (Å²) in [5, 5.41) is 27.7. The van der Waals surface area contributed by atoms with Crippen molar-refractivity contribution in [2.24, 2.45) is 0 Å². The molecule has 20 heavy (non-hydrogen) atoms. The highest BCUT2D eigenvalue weighted by molar-refractivity contribution is 5.31. The quantitative estimate of drug-likeness (QED) is 0.548. The second-order valence-corrected chi connectivity index (χ2v) is 4.39. The number of hydrogen-bond acceptors (Lipinski definition) is 6. The van der Waals surface area contributed by atoms with Crippen LogP contribution in [0.25, 0.3) is 0 Å². The third-order valence-electron chi connectivity index (χ3n) is 2.80. The highest BCUT2D eigenvalue weighted by atomic mass is 16.5. The largest absolute Gasteiger partial charge is 0.497 e. The molecular formula is C14H23NO5. The first-order valence-corrected chi connectivity index (χ1v) is 6.58. The van der Waals surface area contributed by atoms with Crippen LogP contribution in [0.4, 0.5) is 0 Å². The van der Waals surface area contributed by atoms with E-state index in [0.29, 0.717) is 25.4 Å². The van der Waals surface area contributed by atoms with Gasteiger partial charge in [-0.05, 0) is 24.3 Å². The minimum absolute atomic E-state index is 0.00788. The van der Waals surface area contributed by atoms with Crippen molar-refractivity contribution in [3.8, 4) is 11.5 Å². The van der Waals surface area contributed by atoms with Gasteiger partial charge in [0.15, 0.2) is 0 Å². The van der Waals surface area contributed by atoms with Gasteiger partial charge in [-0.2, -0.15) is 0 Å². The highest BCUT2D eigenvalue weighted by Gasteiger charge is 2.11. The van der Waals surface area contributed by atoms with Crippen molar-refractivity contribution in [3.63, 3.8) is 0 Å². The molecule has 0 spiro atoms. The van der Waals surface area contributed by atoms with E-state index in [-0.39, 0.29) is 19.8 Å². The van der Waals surface area contributed by atoms with Crippen LogP contribution in [-0.4, -0.2) is 72.9 Å². The molecule has 1 aromatic rings. The monoisotopic (exact) mass is 285 g/mol. The fourth-order valence-corrected chi connectivity index (χ4v) is 1.79. The van der Waals surface area contributed by atoms with E-state index in [9.17, 15) is 5.11 Å². The van der Waals surface area contributed by atoms with Gasteiger partial charge in [0.25, 0.3) is 0 Å². The molecule has 6 nitrogen and oxygen atoms in total. The van der Waals surface area contributed by atoms with E-state index in [1.54, 1.807) is 36.3 Å². The summed E-state index contributed by atoms with van der Waals surface area (Å²) >= 11 is 0. The van der Waals surface area contributed by atoms with E-state index in [2.05, 4.69) is 0 Å². The van der Waals surface area contributed by atoms with E-state index >= 15 is 0 Å². The van der Waals surface area contributed by atoms with E-state index in [1.165, 1.54) is 0 Å². The first-order chi connectivity index (χ1) is 9.69. The predicted octanol–water partition coefficient (Wildman–Crippen LogP) is -0.278. The predicted molar refractivity (Wildman–Crippen MR) is 75.1 cm³/mol. The van der Waals surface area contributed by atoms with E-state index in [4.69, 9.17) is 19.7 Å². The highest BCUT2D eigenvalue weighted by Crippen LogP contribution is 2.17. The topological polar surface area (TPSA) is 82.4 Å². The maximum Gasteiger partial charge on any atom is 0.119 e. The van der Waals surface area contributed by atoms with Crippen molar-refractivity contribution >= 4 is 0 Å². The van der Waals surface area contributed by atoms with Crippen molar-refractivity contribution in [1.82, 2.24) is 4.90 Å². The second-order valence-electron chi connectivity index (χ2n) is 4.39. The van der Waals surface area contributed by atoms with Gasteiger partial charge in [0, 0.05) is 19.6 Å². The van der Waals surface area contributed by atoms with Crippen molar-refractivity contribution in [1.29, 1.82) is 0 Å². The second kappa shape index (κ2) is 9.55. The van der Waals surface area contributed by atoms with Crippen molar-refractivity contribution in [2.75, 3.05) is 46.6 Å². The Bertz CT molecular complexity index is 351. The molecule has 1 rings (SSSR count). The zero-order valence-electron chi connectivity index (χ0n) is 11.7. The van der Waals surface area contributed by atoms with Crippen LogP contribution in [0, 0.1) is 0 Å².